The average Bonchev–Trinajstić information content (AvgIpc) is 2.72. The van der Waals surface area contributed by atoms with Gasteiger partial charge < -0.3 is 9.64 Å². The number of hydrogen-bond donors (Lipinski definition) is 1. The van der Waals surface area contributed by atoms with Gasteiger partial charge in [0.15, 0.2) is 0 Å². The van der Waals surface area contributed by atoms with Crippen molar-refractivity contribution in [2.45, 2.75) is 32.6 Å². The molecule has 0 spiro atoms. The normalized spacial score (nSPS) is 16.3. The summed E-state index contributed by atoms with van der Waals surface area (Å²) in [5.74, 6) is 0.778. The second-order valence-electron chi connectivity index (χ2n) is 8.08. The molecule has 6 nitrogen and oxygen atoms in total. The number of nitrogens with zero attached hydrogens (tertiary/aromatic N) is 1. The molecule has 1 N–H and O–H groups in total. The molecule has 1 amide bonds. The number of ether oxygens (including phenoxy) is 1. The number of rotatable bonds is 5. The molecular formula is C21H26N2O4S. The SMILES string of the molecule is CC(C)CN1C(=O)C(C)(C)COc2ccc(NS(=O)(=O)c3ccccc3)cc21. The van der Waals surface area contributed by atoms with Crippen molar-refractivity contribution in [2.24, 2.45) is 11.3 Å². The van der Waals surface area contributed by atoms with Crippen LogP contribution in [0.1, 0.15) is 27.7 Å². The molecule has 150 valence electrons. The van der Waals surface area contributed by atoms with Crippen LogP contribution < -0.4 is 14.4 Å². The Hall–Kier alpha value is -2.54. The van der Waals surface area contributed by atoms with Gasteiger partial charge in [0.2, 0.25) is 5.91 Å². The molecule has 0 saturated heterocycles. The fourth-order valence-corrected chi connectivity index (χ4v) is 4.14. The molecule has 0 aromatic heterocycles. The van der Waals surface area contributed by atoms with Crippen LogP contribution in [-0.4, -0.2) is 27.5 Å². The highest BCUT2D eigenvalue weighted by Crippen LogP contribution is 2.39. The minimum absolute atomic E-state index is 0.0389. The van der Waals surface area contributed by atoms with Gasteiger partial charge in [0.05, 0.1) is 21.7 Å². The molecule has 0 fully saturated rings. The summed E-state index contributed by atoms with van der Waals surface area (Å²) in [6, 6.07) is 13.2. The van der Waals surface area contributed by atoms with Crippen LogP contribution in [0.2, 0.25) is 0 Å². The van der Waals surface area contributed by atoms with Gasteiger partial charge in [-0.1, -0.05) is 32.0 Å². The van der Waals surface area contributed by atoms with Gasteiger partial charge in [0, 0.05) is 6.54 Å². The van der Waals surface area contributed by atoms with Gasteiger partial charge in [-0.2, -0.15) is 0 Å². The zero-order valence-electron chi connectivity index (χ0n) is 16.6. The van der Waals surface area contributed by atoms with Crippen molar-refractivity contribution in [2.75, 3.05) is 22.8 Å². The smallest absolute Gasteiger partial charge is 0.261 e. The molecule has 1 aliphatic heterocycles. The topological polar surface area (TPSA) is 75.7 Å². The van der Waals surface area contributed by atoms with Gasteiger partial charge in [-0.25, -0.2) is 8.42 Å². The zero-order chi connectivity index (χ0) is 20.5. The molecule has 28 heavy (non-hydrogen) atoms. The summed E-state index contributed by atoms with van der Waals surface area (Å²) in [6.45, 7) is 8.57. The zero-order valence-corrected chi connectivity index (χ0v) is 17.4. The van der Waals surface area contributed by atoms with E-state index in [1.807, 2.05) is 27.7 Å². The molecule has 1 aliphatic rings. The molecule has 0 unspecified atom stereocenters. The van der Waals surface area contributed by atoms with Crippen LogP contribution in [-0.2, 0) is 14.8 Å². The standard InChI is InChI=1S/C21H26N2O4S/c1-15(2)13-23-18-12-16(22-28(25,26)17-8-6-5-7-9-17)10-11-19(18)27-14-21(3,4)20(23)24/h5-12,15,22H,13-14H2,1-4H3. The lowest BCUT2D eigenvalue weighted by molar-refractivity contribution is -0.127. The van der Waals surface area contributed by atoms with E-state index < -0.39 is 15.4 Å². The highest BCUT2D eigenvalue weighted by molar-refractivity contribution is 7.92. The highest BCUT2D eigenvalue weighted by atomic mass is 32.2. The lowest BCUT2D eigenvalue weighted by atomic mass is 9.92. The van der Waals surface area contributed by atoms with E-state index in [-0.39, 0.29) is 23.3 Å². The van der Waals surface area contributed by atoms with Crippen molar-refractivity contribution >= 4 is 27.3 Å². The van der Waals surface area contributed by atoms with Crippen molar-refractivity contribution in [3.63, 3.8) is 0 Å². The monoisotopic (exact) mass is 402 g/mol. The number of fused-ring (bicyclic) bond motifs is 1. The maximum atomic E-state index is 13.1. The second-order valence-corrected chi connectivity index (χ2v) is 9.77. The molecule has 2 aromatic rings. The predicted octanol–water partition coefficient (Wildman–Crippen LogP) is 3.90. The number of hydrogen-bond acceptors (Lipinski definition) is 4. The summed E-state index contributed by atoms with van der Waals surface area (Å²) in [7, 11) is -3.72. The molecule has 0 radical (unpaired) electrons. The minimum Gasteiger partial charge on any atom is -0.490 e. The van der Waals surface area contributed by atoms with Crippen molar-refractivity contribution in [3.05, 3.63) is 48.5 Å². The van der Waals surface area contributed by atoms with E-state index in [4.69, 9.17) is 4.74 Å². The Morgan fingerprint density at radius 2 is 1.82 bits per heavy atom. The second kappa shape index (κ2) is 7.47. The first-order valence-corrected chi connectivity index (χ1v) is 10.8. The van der Waals surface area contributed by atoms with E-state index in [0.717, 1.165) is 0 Å². The molecule has 7 heteroatoms. The number of nitrogens with one attached hydrogen (secondary N) is 1. The van der Waals surface area contributed by atoms with Crippen molar-refractivity contribution < 1.29 is 17.9 Å². The Morgan fingerprint density at radius 3 is 2.46 bits per heavy atom. The van der Waals surface area contributed by atoms with Crippen LogP contribution in [0.5, 0.6) is 5.75 Å². The van der Waals surface area contributed by atoms with Gasteiger partial charge in [0.1, 0.15) is 12.4 Å². The molecule has 1 heterocycles. The Morgan fingerprint density at radius 1 is 1.14 bits per heavy atom. The Balaban J connectivity index is 2.00. The molecule has 2 aromatic carbocycles. The van der Waals surface area contributed by atoms with Crippen LogP contribution in [0.3, 0.4) is 0 Å². The van der Waals surface area contributed by atoms with Crippen LogP contribution in [0, 0.1) is 11.3 Å². The lowest BCUT2D eigenvalue weighted by Gasteiger charge is -2.29. The number of sulfonamides is 1. The Labute approximate surface area is 166 Å². The first-order chi connectivity index (χ1) is 13.1. The third-order valence-electron chi connectivity index (χ3n) is 4.52. The number of anilines is 2. The minimum atomic E-state index is -3.72. The van der Waals surface area contributed by atoms with Crippen molar-refractivity contribution in [1.29, 1.82) is 0 Å². The molecule has 0 atom stereocenters. The summed E-state index contributed by atoms with van der Waals surface area (Å²) in [5, 5.41) is 0. The molecule has 0 saturated carbocycles. The fourth-order valence-electron chi connectivity index (χ4n) is 3.07. The predicted molar refractivity (Wildman–Crippen MR) is 110 cm³/mol. The van der Waals surface area contributed by atoms with Crippen LogP contribution in [0.4, 0.5) is 11.4 Å². The van der Waals surface area contributed by atoms with Gasteiger partial charge in [-0.05, 0) is 50.1 Å². The number of carbonyl (C=O) groups is 1. The van der Waals surface area contributed by atoms with Gasteiger partial charge in [-0.15, -0.1) is 0 Å². The summed E-state index contributed by atoms with van der Waals surface area (Å²) >= 11 is 0. The summed E-state index contributed by atoms with van der Waals surface area (Å²) in [6.07, 6.45) is 0. The summed E-state index contributed by atoms with van der Waals surface area (Å²) < 4.78 is 33.8. The third kappa shape index (κ3) is 4.14. The van der Waals surface area contributed by atoms with Crippen LogP contribution >= 0.6 is 0 Å². The van der Waals surface area contributed by atoms with E-state index in [2.05, 4.69) is 4.72 Å². The van der Waals surface area contributed by atoms with E-state index in [9.17, 15) is 13.2 Å². The number of amides is 1. The largest absolute Gasteiger partial charge is 0.490 e. The molecule has 0 bridgehead atoms. The summed E-state index contributed by atoms with van der Waals surface area (Å²) in [4.78, 5) is 15.0. The first kappa shape index (κ1) is 20.2. The quantitative estimate of drug-likeness (QED) is 0.823. The first-order valence-electron chi connectivity index (χ1n) is 9.27. The lowest BCUT2D eigenvalue weighted by Crippen LogP contribution is -2.43. The third-order valence-corrected chi connectivity index (χ3v) is 5.91. The van der Waals surface area contributed by atoms with Crippen molar-refractivity contribution in [3.8, 4) is 5.75 Å². The molecule has 0 aliphatic carbocycles. The van der Waals surface area contributed by atoms with E-state index in [1.54, 1.807) is 41.3 Å². The van der Waals surface area contributed by atoms with E-state index >= 15 is 0 Å². The van der Waals surface area contributed by atoms with Crippen LogP contribution in [0.15, 0.2) is 53.4 Å². The Bertz CT molecular complexity index is 969. The van der Waals surface area contributed by atoms with Gasteiger partial charge >= 0.3 is 0 Å². The van der Waals surface area contributed by atoms with Gasteiger partial charge in [-0.3, -0.25) is 9.52 Å². The summed E-state index contributed by atoms with van der Waals surface area (Å²) in [5.41, 5.74) is 0.294. The van der Waals surface area contributed by atoms with E-state index in [1.165, 1.54) is 12.1 Å². The van der Waals surface area contributed by atoms with Crippen LogP contribution in [0.25, 0.3) is 0 Å². The number of carbonyl (C=O) groups excluding carboxylic acids is 1. The molecular weight excluding hydrogens is 376 g/mol. The fraction of sp³-hybridized carbons (Fsp3) is 0.381. The van der Waals surface area contributed by atoms with Crippen molar-refractivity contribution in [1.82, 2.24) is 0 Å². The van der Waals surface area contributed by atoms with E-state index in [0.29, 0.717) is 23.7 Å². The molecule has 3 rings (SSSR count). The van der Waals surface area contributed by atoms with Gasteiger partial charge in [0.25, 0.3) is 10.0 Å². The highest BCUT2D eigenvalue weighted by Gasteiger charge is 2.38. The maximum absolute atomic E-state index is 13.1. The Kier molecular flexibility index (Phi) is 5.39. The number of benzene rings is 2. The average molecular weight is 403 g/mol. The maximum Gasteiger partial charge on any atom is 0.261 e.